The molecule has 278 valence electrons. The molecule has 0 fully saturated rings. The maximum Gasteiger partial charge on any atom is 0.327 e. The molecule has 23 heteroatoms. The minimum Gasteiger partial charge on any atom is -0.480 e. The average Bonchev–Trinajstić information content (AvgIpc) is 3.08. The van der Waals surface area contributed by atoms with Crippen molar-refractivity contribution in [3.63, 3.8) is 0 Å². The van der Waals surface area contributed by atoms with E-state index in [0.717, 1.165) is 0 Å². The molecular formula is C26H45N9O12S2. The third kappa shape index (κ3) is 17.7. The molecule has 13 N–H and O–H groups in total. The van der Waals surface area contributed by atoms with Crippen molar-refractivity contribution in [2.45, 2.75) is 50.5 Å². The molecule has 0 bridgehead atoms. The number of aliphatic hydroxyl groups excluding tert-OH is 2. The molecule has 8 amide bonds. The zero-order chi connectivity index (χ0) is 37.7. The van der Waals surface area contributed by atoms with Gasteiger partial charge in [0, 0.05) is 11.5 Å². The number of carbonyl (C=O) groups excluding carboxylic acids is 8. The van der Waals surface area contributed by atoms with Crippen LogP contribution in [-0.2, 0) is 43.2 Å². The first-order valence-corrected chi connectivity index (χ1v) is 16.0. The number of nitrogens with two attached hydrogens (primary N) is 1. The van der Waals surface area contributed by atoms with Crippen molar-refractivity contribution in [2.75, 3.05) is 50.9 Å². The molecule has 0 aromatic carbocycles. The maximum absolute atomic E-state index is 12.8. The van der Waals surface area contributed by atoms with Gasteiger partial charge >= 0.3 is 5.97 Å². The number of rotatable bonds is 23. The molecule has 0 rings (SSSR count). The third-order valence-electron chi connectivity index (χ3n) is 6.53. The van der Waals surface area contributed by atoms with Crippen LogP contribution in [-0.4, -0.2) is 150 Å². The number of carboxylic acid groups (broad SMARTS) is 1. The van der Waals surface area contributed by atoms with Crippen molar-refractivity contribution in [2.24, 2.45) is 11.7 Å². The summed E-state index contributed by atoms with van der Waals surface area (Å²) in [6.45, 7) is -0.909. The fourth-order valence-corrected chi connectivity index (χ4v) is 3.87. The smallest absolute Gasteiger partial charge is 0.327 e. The molecule has 0 aromatic heterocycles. The largest absolute Gasteiger partial charge is 0.480 e. The second kappa shape index (κ2) is 24.0. The monoisotopic (exact) mass is 739 g/mol. The van der Waals surface area contributed by atoms with Crippen LogP contribution in [0.2, 0.25) is 0 Å². The molecule has 21 nitrogen and oxygen atoms in total. The molecule has 49 heavy (non-hydrogen) atoms. The Bertz CT molecular complexity index is 1200. The summed E-state index contributed by atoms with van der Waals surface area (Å²) in [4.78, 5) is 109. The van der Waals surface area contributed by atoms with Gasteiger partial charge in [-0.3, -0.25) is 38.4 Å². The molecule has 0 aliphatic carbocycles. The first-order chi connectivity index (χ1) is 23.0. The van der Waals surface area contributed by atoms with E-state index in [4.69, 9.17) is 10.8 Å². The number of aliphatic hydroxyl groups is 2. The summed E-state index contributed by atoms with van der Waals surface area (Å²) < 4.78 is 0. The zero-order valence-electron chi connectivity index (χ0n) is 26.8. The number of carbonyl (C=O) groups is 9. The molecule has 0 aliphatic rings. The van der Waals surface area contributed by atoms with E-state index in [0.29, 0.717) is 6.42 Å². The topological polar surface area (TPSA) is 337 Å². The van der Waals surface area contributed by atoms with E-state index in [9.17, 15) is 53.4 Å². The summed E-state index contributed by atoms with van der Waals surface area (Å²) >= 11 is 7.66. The Morgan fingerprint density at radius 2 is 1.02 bits per heavy atom. The minimum atomic E-state index is -1.54. The quantitative estimate of drug-likeness (QED) is 0.0434. The van der Waals surface area contributed by atoms with Gasteiger partial charge in [-0.05, 0) is 5.92 Å². The first kappa shape index (κ1) is 44.8. The van der Waals surface area contributed by atoms with Gasteiger partial charge in [-0.25, -0.2) is 4.79 Å². The van der Waals surface area contributed by atoms with Crippen LogP contribution in [0.3, 0.4) is 0 Å². The van der Waals surface area contributed by atoms with Gasteiger partial charge in [-0.2, -0.15) is 25.3 Å². The van der Waals surface area contributed by atoms with E-state index in [-0.39, 0.29) is 11.5 Å². The van der Waals surface area contributed by atoms with Crippen molar-refractivity contribution in [1.82, 2.24) is 42.5 Å². The Labute approximate surface area is 292 Å². The third-order valence-corrected chi connectivity index (χ3v) is 7.29. The Balaban J connectivity index is 4.91. The van der Waals surface area contributed by atoms with Gasteiger partial charge < -0.3 is 63.6 Å². The number of aliphatic carboxylic acids is 1. The van der Waals surface area contributed by atoms with E-state index in [2.05, 4.69) is 67.8 Å². The van der Waals surface area contributed by atoms with Crippen LogP contribution in [0.1, 0.15) is 20.3 Å². The number of hydrogen-bond donors (Lipinski definition) is 14. The summed E-state index contributed by atoms with van der Waals surface area (Å²) in [5.74, 6) is -8.81. The molecule has 6 atom stereocenters. The average molecular weight is 740 g/mol. The second-order valence-electron chi connectivity index (χ2n) is 10.3. The van der Waals surface area contributed by atoms with Crippen molar-refractivity contribution in [3.05, 3.63) is 0 Å². The van der Waals surface area contributed by atoms with Crippen LogP contribution in [0.5, 0.6) is 0 Å². The number of carboxylic acids is 1. The Hall–Kier alpha value is -4.19. The summed E-state index contributed by atoms with van der Waals surface area (Å²) in [5.41, 5.74) is 5.52. The van der Waals surface area contributed by atoms with Crippen molar-refractivity contribution >= 4 is 78.5 Å². The lowest BCUT2D eigenvalue weighted by Gasteiger charge is -2.24. The Kier molecular flexibility index (Phi) is 22.0. The summed E-state index contributed by atoms with van der Waals surface area (Å²) in [6.07, 6.45) is 0.407. The molecular weight excluding hydrogens is 694 g/mol. The minimum absolute atomic E-state index is 0.0195. The number of hydrogen-bond acceptors (Lipinski definition) is 14. The van der Waals surface area contributed by atoms with Gasteiger partial charge in [0.05, 0.1) is 45.4 Å². The Morgan fingerprint density at radius 3 is 1.47 bits per heavy atom. The van der Waals surface area contributed by atoms with E-state index >= 15 is 0 Å². The van der Waals surface area contributed by atoms with Crippen LogP contribution in [0.15, 0.2) is 0 Å². The highest BCUT2D eigenvalue weighted by atomic mass is 32.1. The highest BCUT2D eigenvalue weighted by molar-refractivity contribution is 7.80. The van der Waals surface area contributed by atoms with Crippen molar-refractivity contribution < 1.29 is 58.5 Å². The van der Waals surface area contributed by atoms with Gasteiger partial charge in [-0.15, -0.1) is 0 Å². The van der Waals surface area contributed by atoms with Crippen LogP contribution < -0.4 is 48.3 Å². The highest BCUT2D eigenvalue weighted by Crippen LogP contribution is 2.08. The first-order valence-electron chi connectivity index (χ1n) is 14.7. The van der Waals surface area contributed by atoms with Gasteiger partial charge in [0.1, 0.15) is 24.2 Å². The summed E-state index contributed by atoms with van der Waals surface area (Å²) in [5, 5.41) is 45.6. The highest BCUT2D eigenvalue weighted by Gasteiger charge is 2.28. The molecule has 0 heterocycles. The SMILES string of the molecule is CC[C@H](C)[C@H](NC(=O)CNC(=O)[C@H](CO)NC(=O)[C@@H](N)CS)C(=O)NCC(=O)N[C@@H](CO)C(=O)NCC(=O)NCC(=O)N[C@@H](CS)C(=O)O. The fourth-order valence-electron chi connectivity index (χ4n) is 3.45. The van der Waals surface area contributed by atoms with Crippen LogP contribution in [0.4, 0.5) is 0 Å². The van der Waals surface area contributed by atoms with Crippen LogP contribution in [0.25, 0.3) is 0 Å². The maximum atomic E-state index is 12.8. The number of amides is 8. The van der Waals surface area contributed by atoms with Crippen molar-refractivity contribution in [3.8, 4) is 0 Å². The number of thiol groups is 2. The lowest BCUT2D eigenvalue weighted by Crippen LogP contribution is -2.57. The van der Waals surface area contributed by atoms with Gasteiger partial charge in [0.25, 0.3) is 0 Å². The standard InChI is InChI=1S/C26H45N9O12S2/c1-3-12(2)21(35-20(41)7-30-24(44)15(9-37)34-22(42)13(27)10-48)25(45)31-6-19(40)32-14(8-36)23(43)29-4-17(38)28-5-18(39)33-16(11-49)26(46)47/h12-16,21,36-37,48-49H,3-11,27H2,1-2H3,(H,28,38)(H,29,43)(H,30,44)(H,31,45)(H,32,40)(H,33,39)(H,34,42)(H,35,41)(H,46,47)/t12-,13-,14-,15-,16-,21-/m0/s1. The predicted molar refractivity (Wildman–Crippen MR) is 177 cm³/mol. The van der Waals surface area contributed by atoms with E-state index < -0.39 is 129 Å². The molecule has 0 saturated heterocycles. The zero-order valence-corrected chi connectivity index (χ0v) is 28.6. The molecule has 0 saturated carbocycles. The van der Waals surface area contributed by atoms with E-state index in [1.165, 1.54) is 0 Å². The molecule has 0 radical (unpaired) electrons. The molecule has 0 unspecified atom stereocenters. The molecule has 0 spiro atoms. The summed E-state index contributed by atoms with van der Waals surface area (Å²) in [7, 11) is 0. The van der Waals surface area contributed by atoms with Gasteiger partial charge in [-0.1, -0.05) is 20.3 Å². The van der Waals surface area contributed by atoms with Gasteiger partial charge in [0.15, 0.2) is 0 Å². The van der Waals surface area contributed by atoms with Crippen LogP contribution in [0, 0.1) is 5.92 Å². The molecule has 0 aromatic rings. The van der Waals surface area contributed by atoms with E-state index in [1.807, 2.05) is 0 Å². The van der Waals surface area contributed by atoms with Crippen molar-refractivity contribution in [1.29, 1.82) is 0 Å². The predicted octanol–water partition coefficient (Wildman–Crippen LogP) is -7.31. The fraction of sp³-hybridized carbons (Fsp3) is 0.654. The number of nitrogens with one attached hydrogen (secondary N) is 8. The molecule has 0 aliphatic heterocycles. The second-order valence-corrected chi connectivity index (χ2v) is 11.1. The van der Waals surface area contributed by atoms with Crippen LogP contribution >= 0.6 is 25.3 Å². The van der Waals surface area contributed by atoms with E-state index in [1.54, 1.807) is 13.8 Å². The lowest BCUT2D eigenvalue weighted by atomic mass is 9.98. The van der Waals surface area contributed by atoms with Gasteiger partial charge in [0.2, 0.25) is 47.3 Å². The normalized spacial score (nSPS) is 14.3. The summed E-state index contributed by atoms with van der Waals surface area (Å²) in [6, 6.07) is -6.43. The lowest BCUT2D eigenvalue weighted by molar-refractivity contribution is -0.141. The Morgan fingerprint density at radius 1 is 0.592 bits per heavy atom.